The molecule has 4 nitrogen and oxygen atoms in total. The van der Waals surface area contributed by atoms with Crippen LogP contribution in [0.15, 0.2) is 0 Å². The topological polar surface area (TPSA) is 63.4 Å². The number of amides is 2. The quantitative estimate of drug-likeness (QED) is 0.598. The third-order valence-electron chi connectivity index (χ3n) is 3.88. The zero-order valence-electron chi connectivity index (χ0n) is 8.03. The fourth-order valence-corrected chi connectivity index (χ4v) is 2.65. The molecule has 3 fully saturated rings. The van der Waals surface area contributed by atoms with Crippen molar-refractivity contribution < 1.29 is 9.59 Å². The molecule has 1 aliphatic heterocycles. The van der Waals surface area contributed by atoms with E-state index in [0.29, 0.717) is 6.42 Å². The molecule has 1 heterocycles. The largest absolute Gasteiger partial charge is 0.326 e. The number of imide groups is 1. The molecule has 3 aliphatic rings. The molecule has 2 unspecified atom stereocenters. The number of carbonyl (C=O) groups is 2. The van der Waals surface area contributed by atoms with E-state index in [1.807, 2.05) is 0 Å². The maximum Gasteiger partial charge on any atom is 0.236 e. The molecule has 14 heavy (non-hydrogen) atoms. The zero-order chi connectivity index (χ0) is 9.92. The highest BCUT2D eigenvalue weighted by Crippen LogP contribution is 2.51. The molecule has 0 radical (unpaired) electrons. The van der Waals surface area contributed by atoms with Crippen LogP contribution in [0.4, 0.5) is 0 Å². The highest BCUT2D eigenvalue weighted by atomic mass is 16.2. The van der Waals surface area contributed by atoms with E-state index in [4.69, 9.17) is 5.73 Å². The minimum Gasteiger partial charge on any atom is -0.326 e. The Labute approximate surface area is 82.4 Å². The number of nitrogens with two attached hydrogens (primary N) is 1. The molecular formula is C10H14N2O2. The Balaban J connectivity index is 1.86. The van der Waals surface area contributed by atoms with Crippen LogP contribution in [0.1, 0.15) is 32.1 Å². The molecule has 2 atom stereocenters. The molecule has 0 aromatic carbocycles. The number of hydrogen-bond acceptors (Lipinski definition) is 3. The second-order valence-electron chi connectivity index (χ2n) is 4.85. The van der Waals surface area contributed by atoms with Crippen LogP contribution < -0.4 is 5.73 Å². The van der Waals surface area contributed by atoms with Crippen LogP contribution in [-0.4, -0.2) is 28.8 Å². The van der Waals surface area contributed by atoms with Gasteiger partial charge in [-0.05, 0) is 19.3 Å². The van der Waals surface area contributed by atoms with Crippen molar-refractivity contribution in [1.82, 2.24) is 4.90 Å². The second kappa shape index (κ2) is 2.37. The zero-order valence-corrected chi connectivity index (χ0v) is 8.03. The molecule has 3 rings (SSSR count). The van der Waals surface area contributed by atoms with Crippen LogP contribution in [0, 0.1) is 5.41 Å². The van der Waals surface area contributed by atoms with Crippen LogP contribution in [0.2, 0.25) is 0 Å². The number of nitrogens with zero attached hydrogens (tertiary/aromatic N) is 1. The molecule has 2 N–H and O–H groups in total. The van der Waals surface area contributed by atoms with Crippen molar-refractivity contribution in [2.45, 2.75) is 44.2 Å². The number of likely N-dealkylation sites (tertiary alicyclic amines) is 1. The molecule has 2 amide bonds. The predicted octanol–water partition coefficient (Wildman–Crippen LogP) is 0.0152. The van der Waals surface area contributed by atoms with Crippen molar-refractivity contribution in [3.63, 3.8) is 0 Å². The third kappa shape index (κ3) is 0.869. The van der Waals surface area contributed by atoms with E-state index in [0.717, 1.165) is 25.7 Å². The van der Waals surface area contributed by atoms with Crippen LogP contribution in [0.25, 0.3) is 0 Å². The molecule has 4 heteroatoms. The Bertz CT molecular complexity index is 322. The molecule has 1 spiro atoms. The van der Waals surface area contributed by atoms with Crippen LogP contribution in [0.5, 0.6) is 0 Å². The van der Waals surface area contributed by atoms with Crippen molar-refractivity contribution in [1.29, 1.82) is 0 Å². The van der Waals surface area contributed by atoms with Gasteiger partial charge in [0, 0.05) is 12.5 Å². The summed E-state index contributed by atoms with van der Waals surface area (Å²) in [6, 6.07) is 0.0631. The summed E-state index contributed by atoms with van der Waals surface area (Å²) in [7, 11) is 0. The minimum absolute atomic E-state index is 0.00708. The molecule has 1 saturated heterocycles. The highest BCUT2D eigenvalue weighted by molar-refractivity contribution is 6.07. The first-order valence-corrected chi connectivity index (χ1v) is 5.26. The SMILES string of the molecule is NC1CC1N1C(=O)CC2(CCC2)C1=O. The lowest BCUT2D eigenvalue weighted by Crippen LogP contribution is -2.42. The second-order valence-corrected chi connectivity index (χ2v) is 4.85. The third-order valence-corrected chi connectivity index (χ3v) is 3.88. The van der Waals surface area contributed by atoms with Crippen LogP contribution >= 0.6 is 0 Å². The first-order valence-electron chi connectivity index (χ1n) is 5.26. The maximum absolute atomic E-state index is 12.0. The summed E-state index contributed by atoms with van der Waals surface area (Å²) in [6.07, 6.45) is 4.12. The van der Waals surface area contributed by atoms with Gasteiger partial charge in [-0.3, -0.25) is 14.5 Å². The average molecular weight is 194 g/mol. The number of hydrogen-bond donors (Lipinski definition) is 1. The molecule has 0 aromatic heterocycles. The molecule has 0 aromatic rings. The number of carbonyl (C=O) groups excluding carboxylic acids is 2. The van der Waals surface area contributed by atoms with Gasteiger partial charge in [0.25, 0.3) is 0 Å². The summed E-state index contributed by atoms with van der Waals surface area (Å²) < 4.78 is 0. The van der Waals surface area contributed by atoms with E-state index in [-0.39, 0.29) is 29.3 Å². The van der Waals surface area contributed by atoms with Gasteiger partial charge in [0.15, 0.2) is 0 Å². The summed E-state index contributed by atoms with van der Waals surface area (Å²) in [4.78, 5) is 25.1. The van der Waals surface area contributed by atoms with Gasteiger partial charge in [-0.1, -0.05) is 6.42 Å². The van der Waals surface area contributed by atoms with E-state index in [9.17, 15) is 9.59 Å². The first kappa shape index (κ1) is 8.41. The van der Waals surface area contributed by atoms with Gasteiger partial charge in [0.2, 0.25) is 11.8 Å². The summed E-state index contributed by atoms with van der Waals surface area (Å²) in [5.74, 6) is 0.0688. The Morgan fingerprint density at radius 1 is 1.36 bits per heavy atom. The fourth-order valence-electron chi connectivity index (χ4n) is 2.65. The van der Waals surface area contributed by atoms with E-state index >= 15 is 0 Å². The predicted molar refractivity (Wildman–Crippen MR) is 49.1 cm³/mol. The van der Waals surface area contributed by atoms with Crippen LogP contribution in [0.3, 0.4) is 0 Å². The standard InChI is InChI=1S/C10H14N2O2/c11-6-4-7(6)12-8(13)5-10(9(12)14)2-1-3-10/h6-7H,1-5,11H2. The number of rotatable bonds is 1. The summed E-state index contributed by atoms with van der Waals surface area (Å²) in [6.45, 7) is 0. The average Bonchev–Trinajstić information content (AvgIpc) is 2.68. The smallest absolute Gasteiger partial charge is 0.236 e. The Hall–Kier alpha value is -0.900. The fraction of sp³-hybridized carbons (Fsp3) is 0.800. The van der Waals surface area contributed by atoms with Crippen molar-refractivity contribution >= 4 is 11.8 Å². The van der Waals surface area contributed by atoms with Gasteiger partial charge >= 0.3 is 0 Å². The van der Waals surface area contributed by atoms with Crippen molar-refractivity contribution in [2.24, 2.45) is 11.1 Å². The minimum atomic E-state index is -0.292. The maximum atomic E-state index is 12.0. The normalized spacial score (nSPS) is 39.1. The lowest BCUT2D eigenvalue weighted by atomic mass is 9.68. The van der Waals surface area contributed by atoms with Crippen molar-refractivity contribution in [3.8, 4) is 0 Å². The monoisotopic (exact) mass is 194 g/mol. The lowest BCUT2D eigenvalue weighted by Gasteiger charge is -2.35. The summed E-state index contributed by atoms with van der Waals surface area (Å²) in [5.41, 5.74) is 5.38. The lowest BCUT2D eigenvalue weighted by molar-refractivity contribution is -0.144. The molecule has 2 saturated carbocycles. The van der Waals surface area contributed by atoms with Crippen LogP contribution in [-0.2, 0) is 9.59 Å². The summed E-state index contributed by atoms with van der Waals surface area (Å²) in [5, 5.41) is 0. The van der Waals surface area contributed by atoms with E-state index < -0.39 is 0 Å². The highest BCUT2D eigenvalue weighted by Gasteiger charge is 2.59. The Kier molecular flexibility index (Phi) is 1.42. The Morgan fingerprint density at radius 3 is 2.36 bits per heavy atom. The van der Waals surface area contributed by atoms with E-state index in [1.54, 1.807) is 0 Å². The Morgan fingerprint density at radius 2 is 2.00 bits per heavy atom. The van der Waals surface area contributed by atoms with Gasteiger partial charge in [0.1, 0.15) is 0 Å². The van der Waals surface area contributed by atoms with E-state index in [1.165, 1.54) is 4.90 Å². The van der Waals surface area contributed by atoms with Crippen molar-refractivity contribution in [3.05, 3.63) is 0 Å². The van der Waals surface area contributed by atoms with E-state index in [2.05, 4.69) is 0 Å². The van der Waals surface area contributed by atoms with Gasteiger partial charge in [-0.25, -0.2) is 0 Å². The molecule has 0 bridgehead atoms. The van der Waals surface area contributed by atoms with Gasteiger partial charge in [-0.2, -0.15) is 0 Å². The van der Waals surface area contributed by atoms with Gasteiger partial charge < -0.3 is 5.73 Å². The molecule has 2 aliphatic carbocycles. The first-order chi connectivity index (χ1) is 6.64. The molecule has 76 valence electrons. The molecular weight excluding hydrogens is 180 g/mol. The van der Waals surface area contributed by atoms with Gasteiger partial charge in [0.05, 0.1) is 11.5 Å². The summed E-state index contributed by atoms with van der Waals surface area (Å²) >= 11 is 0. The van der Waals surface area contributed by atoms with Crippen molar-refractivity contribution in [2.75, 3.05) is 0 Å². The van der Waals surface area contributed by atoms with Gasteiger partial charge in [-0.15, -0.1) is 0 Å².